The van der Waals surface area contributed by atoms with E-state index in [4.69, 9.17) is 66.3 Å². The summed E-state index contributed by atoms with van der Waals surface area (Å²) >= 11 is 0. The van der Waals surface area contributed by atoms with E-state index in [9.17, 15) is 117 Å². The zero-order valence-corrected chi connectivity index (χ0v) is 48.4. The molecule has 36 atom stereocenters. The zero-order chi connectivity index (χ0) is 66.3. The van der Waals surface area contributed by atoms with Crippen LogP contribution in [0.15, 0.2) is 0 Å². The Kier molecular flexibility index (Phi) is 27.4. The van der Waals surface area contributed by atoms with Crippen LogP contribution in [0.4, 0.5) is 0 Å². The third-order valence-corrected chi connectivity index (χ3v) is 16.3. The maximum atomic E-state index is 13.2. The molecule has 7 heterocycles. The second-order valence-corrected chi connectivity index (χ2v) is 22.5. The summed E-state index contributed by atoms with van der Waals surface area (Å²) in [6.45, 7) is -4.10. The van der Waals surface area contributed by atoms with Crippen molar-refractivity contribution in [1.82, 2.24) is 16.0 Å². The minimum absolute atomic E-state index is 0.243. The molecule has 0 aromatic heterocycles. The molecule has 0 aliphatic carbocycles. The molecular weight excluding hydrogens is 1230 g/mol. The minimum atomic E-state index is -2.38. The summed E-state index contributed by atoms with van der Waals surface area (Å²) in [6, 6.07) is -4.74. The van der Waals surface area contributed by atoms with E-state index in [0.717, 1.165) is 13.8 Å². The van der Waals surface area contributed by atoms with Crippen molar-refractivity contribution in [1.29, 1.82) is 0 Å². The van der Waals surface area contributed by atoms with Gasteiger partial charge in [-0.05, 0) is 6.92 Å². The zero-order valence-electron chi connectivity index (χ0n) is 48.4. The van der Waals surface area contributed by atoms with Crippen LogP contribution in [0.5, 0.6) is 0 Å². The summed E-state index contributed by atoms with van der Waals surface area (Å²) in [6.07, 6.45) is -64.4. The first kappa shape index (κ1) is 74.4. The second-order valence-electron chi connectivity index (χ2n) is 22.5. The van der Waals surface area contributed by atoms with E-state index >= 15 is 0 Å². The Morgan fingerprint density at radius 3 is 1.30 bits per heavy atom. The fraction of sp³-hybridized carbons (Fsp3) is 0.940. The third-order valence-electron chi connectivity index (χ3n) is 16.3. The van der Waals surface area contributed by atoms with Gasteiger partial charge >= 0.3 is 0 Å². The summed E-state index contributed by atoms with van der Waals surface area (Å²) in [7, 11) is 0. The molecule has 0 saturated carbocycles. The van der Waals surface area contributed by atoms with Gasteiger partial charge < -0.3 is 184 Å². The van der Waals surface area contributed by atoms with Crippen molar-refractivity contribution in [3.05, 3.63) is 0 Å². The van der Waals surface area contributed by atoms with Gasteiger partial charge in [0.25, 0.3) is 0 Å². The lowest BCUT2D eigenvalue weighted by Gasteiger charge is -2.51. The van der Waals surface area contributed by atoms with Crippen molar-refractivity contribution in [2.75, 3.05) is 52.9 Å². The number of amides is 3. The van der Waals surface area contributed by atoms with Crippen molar-refractivity contribution < 1.29 is 183 Å². The highest BCUT2D eigenvalue weighted by molar-refractivity contribution is 5.73. The minimum Gasteiger partial charge on any atom is -0.394 e. The average Bonchev–Trinajstić information content (AvgIpc) is 0.823. The van der Waals surface area contributed by atoms with Gasteiger partial charge in [0, 0.05) is 13.8 Å². The molecular formula is C50H85N3O37. The fourth-order valence-corrected chi connectivity index (χ4v) is 11.2. The Morgan fingerprint density at radius 2 is 0.778 bits per heavy atom. The van der Waals surface area contributed by atoms with E-state index < -0.39 is 286 Å². The Labute approximate surface area is 510 Å². The molecule has 23 N–H and O–H groups in total. The van der Waals surface area contributed by atoms with E-state index in [0.29, 0.717) is 0 Å². The van der Waals surface area contributed by atoms with Gasteiger partial charge in [0.2, 0.25) is 18.2 Å². The third kappa shape index (κ3) is 16.6. The largest absolute Gasteiger partial charge is 0.394 e. The standard InChI is InChI=1S/C50H85N3O37/c1-13-25(63)30(68)34(72)47(79-13)89-42-24(53-15(3)62)44(83-21(9-59)40(42)87-48-35(73)31(69)26(64)17(5-55)81-48)78-11-22-29(67)43(38(76)50(85-22)86-39-20(8-58)84-46(37(75)33(39)71)77-10-16(4-54)51-12-60)90-45-23(52-14(2)61)41(28(66)19(7-57)80-45)88-49-36(74)32(70)27(65)18(6-56)82-49/h12-13,16-50,54-59,63-76H,4-11H2,1-3H3,(H,51,60)(H,52,61)(H,53,62)/t13-,16+,17+,18+,19+,20+,21+,22+,23+,24+,25+,26-,27-,28+,29-,30+,31-,32-,33+,34-,35+,36+,37+,38+,39+,40+,41+,42+,43-,44+,45-,46+,47-,48-,49-,50-/m0/s1. The number of ether oxygens (including phenoxy) is 14. The predicted molar refractivity (Wildman–Crippen MR) is 277 cm³/mol. The van der Waals surface area contributed by atoms with Crippen LogP contribution >= 0.6 is 0 Å². The number of nitrogens with one attached hydrogen (secondary N) is 3. The molecule has 0 aromatic carbocycles. The van der Waals surface area contributed by atoms with Gasteiger partial charge in [-0.1, -0.05) is 0 Å². The first-order chi connectivity index (χ1) is 42.7. The molecule has 7 rings (SSSR count). The first-order valence-corrected chi connectivity index (χ1v) is 28.7. The molecule has 7 fully saturated rings. The van der Waals surface area contributed by atoms with Gasteiger partial charge in [-0.2, -0.15) is 0 Å². The topological polar surface area (TPSA) is 621 Å². The van der Waals surface area contributed by atoms with Crippen LogP contribution in [0.3, 0.4) is 0 Å². The van der Waals surface area contributed by atoms with Crippen LogP contribution in [0.25, 0.3) is 0 Å². The summed E-state index contributed by atoms with van der Waals surface area (Å²) < 4.78 is 82.6. The number of aliphatic hydroxyl groups excluding tert-OH is 20. The van der Waals surface area contributed by atoms with Crippen LogP contribution in [0, 0.1) is 0 Å². The van der Waals surface area contributed by atoms with Crippen molar-refractivity contribution in [3.63, 3.8) is 0 Å². The quantitative estimate of drug-likeness (QED) is 0.0358. The maximum Gasteiger partial charge on any atom is 0.217 e. The van der Waals surface area contributed by atoms with Crippen molar-refractivity contribution in [2.24, 2.45) is 0 Å². The lowest BCUT2D eigenvalue weighted by atomic mass is 9.94. The number of aliphatic hydroxyl groups is 20. The van der Waals surface area contributed by atoms with Crippen LogP contribution in [0.2, 0.25) is 0 Å². The fourth-order valence-electron chi connectivity index (χ4n) is 11.2. The highest BCUT2D eigenvalue weighted by Gasteiger charge is 2.59. The summed E-state index contributed by atoms with van der Waals surface area (Å²) in [4.78, 5) is 37.2. The van der Waals surface area contributed by atoms with Crippen LogP contribution in [-0.2, 0) is 80.7 Å². The highest BCUT2D eigenvalue weighted by atomic mass is 16.8. The molecule has 90 heavy (non-hydrogen) atoms. The number of carbonyl (C=O) groups excluding carboxylic acids is 3. The predicted octanol–water partition coefficient (Wildman–Crippen LogP) is -15.8. The molecule has 0 aromatic rings. The number of rotatable bonds is 26. The van der Waals surface area contributed by atoms with E-state index in [2.05, 4.69) is 16.0 Å². The van der Waals surface area contributed by atoms with E-state index in [1.54, 1.807) is 0 Å². The molecule has 7 aliphatic rings. The molecule has 0 unspecified atom stereocenters. The van der Waals surface area contributed by atoms with Gasteiger partial charge in [-0.3, -0.25) is 14.4 Å². The maximum absolute atomic E-state index is 13.2. The Hall–Kier alpha value is -2.95. The van der Waals surface area contributed by atoms with Gasteiger partial charge in [0.15, 0.2) is 44.0 Å². The van der Waals surface area contributed by atoms with E-state index in [1.165, 1.54) is 6.92 Å². The first-order valence-electron chi connectivity index (χ1n) is 28.7. The van der Waals surface area contributed by atoms with E-state index in [1.807, 2.05) is 0 Å². The average molecular weight is 1320 g/mol. The van der Waals surface area contributed by atoms with Crippen LogP contribution < -0.4 is 16.0 Å². The lowest BCUT2D eigenvalue weighted by Crippen LogP contribution is -2.70. The van der Waals surface area contributed by atoms with Crippen LogP contribution in [-0.4, -0.2) is 394 Å². The molecule has 7 aliphatic heterocycles. The molecule has 40 nitrogen and oxygen atoms in total. The molecule has 0 radical (unpaired) electrons. The molecule has 0 bridgehead atoms. The summed E-state index contributed by atoms with van der Waals surface area (Å²) in [5.74, 6) is -1.82. The molecule has 3 amide bonds. The molecule has 0 spiro atoms. The molecule has 7 saturated heterocycles. The van der Waals surface area contributed by atoms with Crippen molar-refractivity contribution in [3.8, 4) is 0 Å². The lowest BCUT2D eigenvalue weighted by molar-refractivity contribution is -0.388. The van der Waals surface area contributed by atoms with Crippen LogP contribution in [0.1, 0.15) is 20.8 Å². The molecule has 40 heteroatoms. The normalized spacial score (nSPS) is 48.1. The Balaban J connectivity index is 1.25. The van der Waals surface area contributed by atoms with Gasteiger partial charge in [0.1, 0.15) is 165 Å². The van der Waals surface area contributed by atoms with Crippen molar-refractivity contribution >= 4 is 18.2 Å². The SMILES string of the molecule is CC(=O)N[C@H]1[C@H](OC[C@H]2O[C@@H](O[C@H]3[C@H](O)[C@@H](O)[C@H](OC[C@@H](CO)NC=O)O[C@@H]3CO)[C@H](O)[C@@H](O[C@@H]3O[C@H](CO)[C@@H](O)[C@H](O[C@@H]4O[C@H](CO)[C@H](O)[C@H](O)[C@H]4O)[C@H]3NC(C)=O)[C@H]2O)O[C@H](CO)[C@@H](O[C@@H]2O[C@H](CO)[C@H](O)[C@H](O)[C@H]2O)[C@@H]1O[C@@H]1O[C@@H](C)[C@@H](O)[C@@H](O)[C@@H]1O. The summed E-state index contributed by atoms with van der Waals surface area (Å²) in [5, 5.41) is 224. The van der Waals surface area contributed by atoms with Gasteiger partial charge in [-0.25, -0.2) is 0 Å². The van der Waals surface area contributed by atoms with Gasteiger partial charge in [0.05, 0.1) is 65.0 Å². The smallest absolute Gasteiger partial charge is 0.217 e. The monoisotopic (exact) mass is 1320 g/mol. The highest BCUT2D eigenvalue weighted by Crippen LogP contribution is 2.38. The Morgan fingerprint density at radius 1 is 0.389 bits per heavy atom. The van der Waals surface area contributed by atoms with Crippen molar-refractivity contribution in [2.45, 2.75) is 242 Å². The number of carbonyl (C=O) groups is 3. The Bertz CT molecular complexity index is 2220. The van der Waals surface area contributed by atoms with Gasteiger partial charge in [-0.15, -0.1) is 0 Å². The molecule has 522 valence electrons. The number of hydrogen-bond acceptors (Lipinski definition) is 37. The van der Waals surface area contributed by atoms with E-state index in [-0.39, 0.29) is 6.41 Å². The summed E-state index contributed by atoms with van der Waals surface area (Å²) in [5.41, 5.74) is 0. The second kappa shape index (κ2) is 33.1. The number of hydrogen-bond donors (Lipinski definition) is 23.